The summed E-state index contributed by atoms with van der Waals surface area (Å²) in [6, 6.07) is 19.8. The van der Waals surface area contributed by atoms with E-state index in [1.807, 2.05) is 35.2 Å². The number of rotatable bonds is 6. The fourth-order valence-electron chi connectivity index (χ4n) is 3.89. The first-order valence-electron chi connectivity index (χ1n) is 10.9. The Bertz CT molecular complexity index is 1090. The lowest BCUT2D eigenvalue weighted by Crippen LogP contribution is -2.30. The van der Waals surface area contributed by atoms with E-state index in [1.54, 1.807) is 24.3 Å². The zero-order valence-corrected chi connectivity index (χ0v) is 18.1. The van der Waals surface area contributed by atoms with E-state index in [0.29, 0.717) is 23.6 Å². The van der Waals surface area contributed by atoms with Crippen molar-refractivity contribution >= 4 is 17.3 Å². The molecule has 4 rings (SSSR count). The van der Waals surface area contributed by atoms with E-state index in [0.717, 1.165) is 50.0 Å². The van der Waals surface area contributed by atoms with E-state index in [4.69, 9.17) is 4.74 Å². The van der Waals surface area contributed by atoms with Gasteiger partial charge in [-0.05, 0) is 61.2 Å². The first-order chi connectivity index (χ1) is 15.9. The number of benzene rings is 3. The molecule has 1 amide bonds. The van der Waals surface area contributed by atoms with Gasteiger partial charge < -0.3 is 15.0 Å². The smallest absolute Gasteiger partial charge is 0.416 e. The Morgan fingerprint density at radius 3 is 2.39 bits per heavy atom. The van der Waals surface area contributed by atoms with Crippen molar-refractivity contribution in [1.29, 1.82) is 0 Å². The second-order valence-electron chi connectivity index (χ2n) is 8.03. The largest absolute Gasteiger partial charge is 0.489 e. The van der Waals surface area contributed by atoms with Crippen molar-refractivity contribution in [2.45, 2.75) is 32.0 Å². The number of carbonyl (C=O) groups excluding carboxylic acids is 1. The summed E-state index contributed by atoms with van der Waals surface area (Å²) in [5, 5.41) is 2.70. The van der Waals surface area contributed by atoms with Crippen LogP contribution in [0.1, 0.15) is 40.7 Å². The molecule has 1 aliphatic rings. The van der Waals surface area contributed by atoms with Crippen LogP contribution in [-0.4, -0.2) is 19.0 Å². The summed E-state index contributed by atoms with van der Waals surface area (Å²) < 4.78 is 45.8. The fourth-order valence-corrected chi connectivity index (χ4v) is 3.89. The number of hydrogen-bond acceptors (Lipinski definition) is 3. The maximum Gasteiger partial charge on any atom is 0.416 e. The minimum Gasteiger partial charge on any atom is -0.489 e. The number of carbonyl (C=O) groups is 1. The van der Waals surface area contributed by atoms with Crippen LogP contribution >= 0.6 is 0 Å². The predicted molar refractivity (Wildman–Crippen MR) is 123 cm³/mol. The summed E-state index contributed by atoms with van der Waals surface area (Å²) in [7, 11) is 0. The van der Waals surface area contributed by atoms with E-state index in [9.17, 15) is 18.0 Å². The molecule has 33 heavy (non-hydrogen) atoms. The number of anilines is 2. The Hall–Kier alpha value is -3.48. The molecule has 3 aromatic carbocycles. The maximum atomic E-state index is 13.3. The molecule has 0 radical (unpaired) electrons. The Morgan fingerprint density at radius 2 is 1.67 bits per heavy atom. The number of amides is 1. The summed E-state index contributed by atoms with van der Waals surface area (Å²) in [4.78, 5) is 15.0. The Labute approximate surface area is 191 Å². The van der Waals surface area contributed by atoms with Crippen LogP contribution in [0.2, 0.25) is 0 Å². The standard InChI is InChI=1S/C26H25F3N2O2/c27-26(28,29)21-12-13-24(31-14-5-2-6-15-31)23(17-21)30-25(32)20-10-7-11-22(16-20)33-18-19-8-3-1-4-9-19/h1,3-4,7-13,16-17H,2,5-6,14-15,18H2,(H,30,32). The van der Waals surface area contributed by atoms with E-state index < -0.39 is 17.6 Å². The molecule has 1 saturated heterocycles. The van der Waals surface area contributed by atoms with Crippen molar-refractivity contribution in [2.24, 2.45) is 0 Å². The van der Waals surface area contributed by atoms with Gasteiger partial charge in [-0.3, -0.25) is 4.79 Å². The number of piperidine rings is 1. The zero-order valence-electron chi connectivity index (χ0n) is 18.1. The van der Waals surface area contributed by atoms with Crippen molar-refractivity contribution in [1.82, 2.24) is 0 Å². The molecular weight excluding hydrogens is 429 g/mol. The van der Waals surface area contributed by atoms with Crippen LogP contribution in [0.5, 0.6) is 5.75 Å². The molecule has 0 spiro atoms. The molecule has 4 nitrogen and oxygen atoms in total. The van der Waals surface area contributed by atoms with Crippen molar-refractivity contribution in [3.8, 4) is 5.75 Å². The minimum atomic E-state index is -4.49. The maximum absolute atomic E-state index is 13.3. The van der Waals surface area contributed by atoms with Gasteiger partial charge in [0.1, 0.15) is 12.4 Å². The molecule has 1 fully saturated rings. The Balaban J connectivity index is 1.54. The average molecular weight is 454 g/mol. The molecule has 0 saturated carbocycles. The van der Waals surface area contributed by atoms with Crippen LogP contribution in [0.3, 0.4) is 0 Å². The van der Waals surface area contributed by atoms with Crippen molar-refractivity contribution in [3.05, 3.63) is 89.5 Å². The molecule has 3 aromatic rings. The monoisotopic (exact) mass is 454 g/mol. The van der Waals surface area contributed by atoms with Crippen LogP contribution in [-0.2, 0) is 12.8 Å². The third-order valence-electron chi connectivity index (χ3n) is 5.61. The second kappa shape index (κ2) is 9.98. The summed E-state index contributed by atoms with van der Waals surface area (Å²) in [6.45, 7) is 1.84. The van der Waals surface area contributed by atoms with Crippen LogP contribution in [0, 0.1) is 0 Å². The van der Waals surface area contributed by atoms with Gasteiger partial charge in [0.2, 0.25) is 0 Å². The molecule has 0 aliphatic carbocycles. The van der Waals surface area contributed by atoms with Gasteiger partial charge >= 0.3 is 6.18 Å². The minimum absolute atomic E-state index is 0.160. The van der Waals surface area contributed by atoms with E-state index in [2.05, 4.69) is 5.32 Å². The van der Waals surface area contributed by atoms with Gasteiger partial charge in [0.15, 0.2) is 0 Å². The fraction of sp³-hybridized carbons (Fsp3) is 0.269. The molecule has 172 valence electrons. The van der Waals surface area contributed by atoms with Crippen LogP contribution < -0.4 is 15.0 Å². The normalized spacial score (nSPS) is 14.1. The van der Waals surface area contributed by atoms with Gasteiger partial charge in [-0.1, -0.05) is 36.4 Å². The lowest BCUT2D eigenvalue weighted by Gasteiger charge is -2.31. The first-order valence-corrected chi connectivity index (χ1v) is 10.9. The van der Waals surface area contributed by atoms with E-state index >= 15 is 0 Å². The zero-order chi connectivity index (χ0) is 23.3. The number of nitrogens with zero attached hydrogens (tertiary/aromatic N) is 1. The van der Waals surface area contributed by atoms with Crippen molar-refractivity contribution < 1.29 is 22.7 Å². The highest BCUT2D eigenvalue weighted by atomic mass is 19.4. The van der Waals surface area contributed by atoms with Crippen LogP contribution in [0.25, 0.3) is 0 Å². The Morgan fingerprint density at radius 1 is 0.909 bits per heavy atom. The topological polar surface area (TPSA) is 41.6 Å². The average Bonchev–Trinajstić information content (AvgIpc) is 2.83. The van der Waals surface area contributed by atoms with E-state index in [-0.39, 0.29) is 5.69 Å². The third kappa shape index (κ3) is 5.86. The summed E-state index contributed by atoms with van der Waals surface area (Å²) in [5.41, 5.74) is 1.27. The van der Waals surface area contributed by atoms with Crippen LogP contribution in [0.15, 0.2) is 72.8 Å². The third-order valence-corrected chi connectivity index (χ3v) is 5.61. The van der Waals surface area contributed by atoms with E-state index in [1.165, 1.54) is 6.07 Å². The van der Waals surface area contributed by atoms with Gasteiger partial charge in [0.05, 0.1) is 16.9 Å². The SMILES string of the molecule is O=C(Nc1cc(C(F)(F)F)ccc1N1CCCCC1)c1cccc(OCc2ccccc2)c1. The summed E-state index contributed by atoms with van der Waals surface area (Å²) in [6.07, 6.45) is -1.47. The highest BCUT2D eigenvalue weighted by Gasteiger charge is 2.32. The quantitative estimate of drug-likeness (QED) is 0.461. The van der Waals surface area contributed by atoms with Crippen LogP contribution in [0.4, 0.5) is 24.5 Å². The Kier molecular flexibility index (Phi) is 6.87. The number of nitrogens with one attached hydrogen (secondary N) is 1. The van der Waals surface area contributed by atoms with Gasteiger partial charge in [-0.15, -0.1) is 0 Å². The number of ether oxygens (including phenoxy) is 1. The molecule has 7 heteroatoms. The predicted octanol–water partition coefficient (Wildman–Crippen LogP) is 6.53. The van der Waals surface area contributed by atoms with Gasteiger partial charge in [0, 0.05) is 18.7 Å². The second-order valence-corrected chi connectivity index (χ2v) is 8.03. The number of halogens is 3. The van der Waals surface area contributed by atoms with Crippen molar-refractivity contribution in [3.63, 3.8) is 0 Å². The molecule has 0 aromatic heterocycles. The summed E-state index contributed by atoms with van der Waals surface area (Å²) in [5.74, 6) is 0.0181. The van der Waals surface area contributed by atoms with Crippen molar-refractivity contribution in [2.75, 3.05) is 23.3 Å². The number of alkyl halides is 3. The van der Waals surface area contributed by atoms with Gasteiger partial charge in [0.25, 0.3) is 5.91 Å². The molecule has 0 unspecified atom stereocenters. The highest BCUT2D eigenvalue weighted by Crippen LogP contribution is 2.36. The molecule has 1 heterocycles. The van der Waals surface area contributed by atoms with Gasteiger partial charge in [-0.25, -0.2) is 0 Å². The molecule has 0 bridgehead atoms. The van der Waals surface area contributed by atoms with Gasteiger partial charge in [-0.2, -0.15) is 13.2 Å². The summed E-state index contributed by atoms with van der Waals surface area (Å²) >= 11 is 0. The number of hydrogen-bond donors (Lipinski definition) is 1. The molecular formula is C26H25F3N2O2. The highest BCUT2D eigenvalue weighted by molar-refractivity contribution is 6.06. The molecule has 1 N–H and O–H groups in total. The lowest BCUT2D eigenvalue weighted by atomic mass is 10.1. The first kappa shape index (κ1) is 22.7. The lowest BCUT2D eigenvalue weighted by molar-refractivity contribution is -0.137. The molecule has 1 aliphatic heterocycles. The molecule has 0 atom stereocenters.